The standard InChI is InChI=1S/C13H20ClN5O3/c1-4-5-15-12-16-10-9(19(12)7-8(20)6-14)11(21)18(3)13(22)17(10)2/h8,20H,4-7H2,1-3H3,(H,15,16). The summed E-state index contributed by atoms with van der Waals surface area (Å²) in [5.74, 6) is 0.484. The van der Waals surface area contributed by atoms with Crippen molar-refractivity contribution < 1.29 is 5.11 Å². The topological polar surface area (TPSA) is 94.1 Å². The van der Waals surface area contributed by atoms with Crippen LogP contribution in [-0.4, -0.2) is 42.3 Å². The zero-order valence-electron chi connectivity index (χ0n) is 12.8. The predicted molar refractivity (Wildman–Crippen MR) is 85.7 cm³/mol. The van der Waals surface area contributed by atoms with E-state index in [1.807, 2.05) is 6.92 Å². The summed E-state index contributed by atoms with van der Waals surface area (Å²) in [6.07, 6.45) is 0.0567. The maximum absolute atomic E-state index is 12.4. The number of aryl methyl sites for hydroxylation is 1. The number of anilines is 1. The normalized spacial score (nSPS) is 12.8. The Morgan fingerprint density at radius 3 is 2.59 bits per heavy atom. The molecular formula is C13H20ClN5O3. The van der Waals surface area contributed by atoms with E-state index in [4.69, 9.17) is 11.6 Å². The molecule has 2 aromatic heterocycles. The number of alkyl halides is 1. The molecule has 0 aliphatic heterocycles. The third-order valence-electron chi connectivity index (χ3n) is 3.45. The summed E-state index contributed by atoms with van der Waals surface area (Å²) in [7, 11) is 2.97. The lowest BCUT2D eigenvalue weighted by Gasteiger charge is -2.13. The molecule has 2 heterocycles. The number of aliphatic hydroxyl groups is 1. The van der Waals surface area contributed by atoms with Gasteiger partial charge in [-0.15, -0.1) is 11.6 Å². The first-order valence-electron chi connectivity index (χ1n) is 7.06. The third-order valence-corrected chi connectivity index (χ3v) is 3.81. The Balaban J connectivity index is 2.75. The lowest BCUT2D eigenvalue weighted by atomic mass is 10.4. The number of rotatable bonds is 6. The van der Waals surface area contributed by atoms with Crippen molar-refractivity contribution in [3.8, 4) is 0 Å². The molecule has 122 valence electrons. The van der Waals surface area contributed by atoms with Crippen LogP contribution in [0.1, 0.15) is 13.3 Å². The zero-order valence-corrected chi connectivity index (χ0v) is 13.6. The van der Waals surface area contributed by atoms with Gasteiger partial charge in [-0.1, -0.05) is 6.92 Å². The summed E-state index contributed by atoms with van der Waals surface area (Å²) >= 11 is 5.66. The highest BCUT2D eigenvalue weighted by atomic mass is 35.5. The maximum atomic E-state index is 12.4. The number of halogens is 1. The number of nitrogens with one attached hydrogen (secondary N) is 1. The van der Waals surface area contributed by atoms with Crippen LogP contribution in [0.2, 0.25) is 0 Å². The van der Waals surface area contributed by atoms with Crippen LogP contribution in [0.15, 0.2) is 9.59 Å². The van der Waals surface area contributed by atoms with E-state index < -0.39 is 17.4 Å². The number of nitrogens with zero attached hydrogens (tertiary/aromatic N) is 4. The van der Waals surface area contributed by atoms with Crippen molar-refractivity contribution in [1.82, 2.24) is 18.7 Å². The number of fused-ring (bicyclic) bond motifs is 1. The lowest BCUT2D eigenvalue weighted by molar-refractivity contribution is 0.179. The van der Waals surface area contributed by atoms with Crippen LogP contribution < -0.4 is 16.6 Å². The van der Waals surface area contributed by atoms with Crippen LogP contribution in [0, 0.1) is 0 Å². The number of aliphatic hydroxyl groups excluding tert-OH is 1. The Kier molecular flexibility index (Phi) is 4.92. The maximum Gasteiger partial charge on any atom is 0.332 e. The second-order valence-corrected chi connectivity index (χ2v) is 5.47. The van der Waals surface area contributed by atoms with Crippen molar-refractivity contribution in [1.29, 1.82) is 0 Å². The minimum absolute atomic E-state index is 0.0406. The lowest BCUT2D eigenvalue weighted by Crippen LogP contribution is -2.38. The van der Waals surface area contributed by atoms with E-state index in [0.717, 1.165) is 11.0 Å². The van der Waals surface area contributed by atoms with Crippen molar-refractivity contribution in [2.24, 2.45) is 14.1 Å². The van der Waals surface area contributed by atoms with Gasteiger partial charge in [0.25, 0.3) is 5.56 Å². The first-order chi connectivity index (χ1) is 10.4. The molecule has 0 spiro atoms. The van der Waals surface area contributed by atoms with Gasteiger partial charge in [0.15, 0.2) is 11.2 Å². The van der Waals surface area contributed by atoms with Crippen molar-refractivity contribution in [2.45, 2.75) is 26.0 Å². The van der Waals surface area contributed by atoms with Gasteiger partial charge in [0.2, 0.25) is 5.95 Å². The van der Waals surface area contributed by atoms with Crippen LogP contribution in [0.3, 0.4) is 0 Å². The molecule has 0 saturated heterocycles. The molecule has 0 amide bonds. The first kappa shape index (κ1) is 16.6. The smallest absolute Gasteiger partial charge is 0.332 e. The van der Waals surface area contributed by atoms with E-state index >= 15 is 0 Å². The molecule has 0 aromatic carbocycles. The van der Waals surface area contributed by atoms with Crippen molar-refractivity contribution >= 4 is 28.7 Å². The summed E-state index contributed by atoms with van der Waals surface area (Å²) in [5, 5.41) is 12.9. The average molecular weight is 330 g/mol. The molecule has 9 heteroatoms. The molecule has 2 rings (SSSR count). The van der Waals surface area contributed by atoms with E-state index in [0.29, 0.717) is 12.5 Å². The van der Waals surface area contributed by atoms with Crippen LogP contribution in [0.25, 0.3) is 11.2 Å². The summed E-state index contributed by atoms with van der Waals surface area (Å²) < 4.78 is 3.93. The predicted octanol–water partition coefficient (Wildman–Crippen LogP) is -0.145. The molecule has 0 bridgehead atoms. The monoisotopic (exact) mass is 329 g/mol. The second kappa shape index (κ2) is 6.53. The van der Waals surface area contributed by atoms with Gasteiger partial charge >= 0.3 is 5.69 Å². The molecule has 2 N–H and O–H groups in total. The van der Waals surface area contributed by atoms with Gasteiger partial charge in [0, 0.05) is 20.6 Å². The molecule has 2 aromatic rings. The molecule has 1 unspecified atom stereocenters. The molecule has 8 nitrogen and oxygen atoms in total. The molecule has 0 radical (unpaired) electrons. The Bertz CT molecular complexity index is 792. The molecule has 0 fully saturated rings. The third kappa shape index (κ3) is 2.76. The van der Waals surface area contributed by atoms with E-state index in [-0.39, 0.29) is 23.6 Å². The van der Waals surface area contributed by atoms with Gasteiger partial charge in [-0.05, 0) is 6.42 Å². The van der Waals surface area contributed by atoms with Crippen LogP contribution in [0.4, 0.5) is 5.95 Å². The summed E-state index contributed by atoms with van der Waals surface area (Å²) in [4.78, 5) is 28.8. The van der Waals surface area contributed by atoms with Crippen LogP contribution in [0.5, 0.6) is 0 Å². The van der Waals surface area contributed by atoms with Crippen molar-refractivity contribution in [3.63, 3.8) is 0 Å². The van der Waals surface area contributed by atoms with Gasteiger partial charge in [-0.25, -0.2) is 4.79 Å². The first-order valence-corrected chi connectivity index (χ1v) is 7.59. The minimum atomic E-state index is -0.816. The van der Waals surface area contributed by atoms with Crippen molar-refractivity contribution in [2.75, 3.05) is 17.7 Å². The van der Waals surface area contributed by atoms with Gasteiger partial charge in [-0.2, -0.15) is 4.98 Å². The Morgan fingerprint density at radius 1 is 1.32 bits per heavy atom. The number of hydrogen-bond acceptors (Lipinski definition) is 5. The van der Waals surface area contributed by atoms with E-state index in [1.165, 1.54) is 11.6 Å². The highest BCUT2D eigenvalue weighted by Gasteiger charge is 2.20. The molecule has 1 atom stereocenters. The average Bonchev–Trinajstić information content (AvgIpc) is 2.87. The number of aromatic nitrogens is 4. The SMILES string of the molecule is CCCNc1nc2c(c(=O)n(C)c(=O)n2C)n1CC(O)CCl. The Morgan fingerprint density at radius 2 is 2.00 bits per heavy atom. The summed E-state index contributed by atoms with van der Waals surface area (Å²) in [6.45, 7) is 2.79. The van der Waals surface area contributed by atoms with Crippen LogP contribution in [-0.2, 0) is 20.6 Å². The van der Waals surface area contributed by atoms with Crippen LogP contribution >= 0.6 is 11.6 Å². The van der Waals surface area contributed by atoms with E-state index in [2.05, 4.69) is 10.3 Å². The van der Waals surface area contributed by atoms with Crippen molar-refractivity contribution in [3.05, 3.63) is 20.8 Å². The fourth-order valence-corrected chi connectivity index (χ4v) is 2.35. The fraction of sp³-hybridized carbons (Fsp3) is 0.615. The quantitative estimate of drug-likeness (QED) is 0.719. The highest BCUT2D eigenvalue weighted by Crippen LogP contribution is 2.16. The second-order valence-electron chi connectivity index (χ2n) is 5.16. The van der Waals surface area contributed by atoms with E-state index in [1.54, 1.807) is 11.6 Å². The molecule has 22 heavy (non-hydrogen) atoms. The van der Waals surface area contributed by atoms with E-state index in [9.17, 15) is 14.7 Å². The molecule has 0 saturated carbocycles. The summed E-state index contributed by atoms with van der Waals surface area (Å²) in [6, 6.07) is 0. The molecule has 0 aliphatic carbocycles. The molecule has 0 aliphatic rings. The fourth-order valence-electron chi connectivity index (χ4n) is 2.26. The molecular weight excluding hydrogens is 310 g/mol. The van der Waals surface area contributed by atoms with Gasteiger partial charge in [0.1, 0.15) is 0 Å². The zero-order chi connectivity index (χ0) is 16.4. The Hall–Kier alpha value is -1.80. The Labute approximate surface area is 132 Å². The highest BCUT2D eigenvalue weighted by molar-refractivity contribution is 6.18. The van der Waals surface area contributed by atoms with Gasteiger partial charge < -0.3 is 15.0 Å². The van der Waals surface area contributed by atoms with Gasteiger partial charge in [-0.3, -0.25) is 13.9 Å². The minimum Gasteiger partial charge on any atom is -0.390 e. The number of imidazole rings is 1. The number of hydrogen-bond donors (Lipinski definition) is 2. The summed E-state index contributed by atoms with van der Waals surface area (Å²) in [5.41, 5.74) is -0.333. The largest absolute Gasteiger partial charge is 0.390 e. The van der Waals surface area contributed by atoms with Gasteiger partial charge in [0.05, 0.1) is 18.5 Å².